The molecule has 39 heavy (non-hydrogen) atoms. The maximum atomic E-state index is 16.2. The number of aromatic nitrogens is 5. The van der Waals surface area contributed by atoms with Gasteiger partial charge in [0.25, 0.3) is 5.56 Å². The van der Waals surface area contributed by atoms with Gasteiger partial charge in [0.05, 0.1) is 26.9 Å². The molecule has 5 heterocycles. The molecule has 0 unspecified atom stereocenters. The Morgan fingerprint density at radius 3 is 2.77 bits per heavy atom. The number of hydrogen-bond acceptors (Lipinski definition) is 8. The summed E-state index contributed by atoms with van der Waals surface area (Å²) < 4.78 is 71.9. The van der Waals surface area contributed by atoms with E-state index in [2.05, 4.69) is 19.9 Å². The summed E-state index contributed by atoms with van der Waals surface area (Å²) in [7, 11) is 0. The molecule has 0 radical (unpaired) electrons. The Balaban J connectivity index is 1.65. The highest BCUT2D eigenvalue weighted by Crippen LogP contribution is 2.34. The van der Waals surface area contributed by atoms with Gasteiger partial charge in [0.15, 0.2) is 17.5 Å². The minimum absolute atomic E-state index is 0.0232. The van der Waals surface area contributed by atoms with E-state index < -0.39 is 51.6 Å². The van der Waals surface area contributed by atoms with Gasteiger partial charge in [0.1, 0.15) is 40.1 Å². The lowest BCUT2D eigenvalue weighted by Gasteiger charge is -2.22. The number of hydrogen-bond donors (Lipinski definition) is 1. The maximum Gasteiger partial charge on any atom is 0.280 e. The molecule has 4 aromatic heterocycles. The normalized spacial score (nSPS) is 14.2. The third-order valence-electron chi connectivity index (χ3n) is 5.73. The molecule has 1 aliphatic rings. The van der Waals surface area contributed by atoms with E-state index in [1.807, 2.05) is 0 Å². The summed E-state index contributed by atoms with van der Waals surface area (Å²) in [6.45, 7) is 0.0351. The van der Waals surface area contributed by atoms with Crippen LogP contribution in [-0.2, 0) is 18.6 Å². The summed E-state index contributed by atoms with van der Waals surface area (Å²) in [5.41, 5.74) is -3.39. The number of halogens is 4. The van der Waals surface area contributed by atoms with Gasteiger partial charge in [0, 0.05) is 24.5 Å². The largest absolute Gasteiger partial charge is 0.485 e. The Morgan fingerprint density at radius 2 is 2.03 bits per heavy atom. The minimum Gasteiger partial charge on any atom is -0.485 e. The molecule has 202 valence electrons. The number of rotatable bonds is 5. The lowest BCUT2D eigenvalue weighted by atomic mass is 10.1. The van der Waals surface area contributed by atoms with E-state index in [4.69, 9.17) is 23.8 Å². The van der Waals surface area contributed by atoms with Crippen LogP contribution in [0.3, 0.4) is 0 Å². The van der Waals surface area contributed by atoms with Crippen LogP contribution in [-0.4, -0.2) is 36.2 Å². The van der Waals surface area contributed by atoms with Crippen LogP contribution < -0.4 is 15.0 Å². The first-order chi connectivity index (χ1) is 19.3. The lowest BCUT2D eigenvalue weighted by molar-refractivity contribution is 0.0688. The molecule has 0 spiro atoms. The second-order valence-corrected chi connectivity index (χ2v) is 9.44. The van der Waals surface area contributed by atoms with Crippen molar-refractivity contribution >= 4 is 11.6 Å². The summed E-state index contributed by atoms with van der Waals surface area (Å²) >= 11 is 6.29. The first-order valence-corrected chi connectivity index (χ1v) is 12.0. The number of aliphatic hydroxyl groups is 1. The van der Waals surface area contributed by atoms with Gasteiger partial charge in [-0.3, -0.25) is 14.8 Å². The van der Waals surface area contributed by atoms with Gasteiger partial charge in [0.2, 0.25) is 5.88 Å². The lowest BCUT2D eigenvalue weighted by Crippen LogP contribution is -2.26. The van der Waals surface area contributed by atoms with Crippen molar-refractivity contribution in [2.45, 2.75) is 38.8 Å². The van der Waals surface area contributed by atoms with Crippen LogP contribution >= 0.6 is 11.6 Å². The summed E-state index contributed by atoms with van der Waals surface area (Å²) in [5, 5.41) is 9.63. The van der Waals surface area contributed by atoms with Crippen molar-refractivity contribution in [2.24, 2.45) is 0 Å². The van der Waals surface area contributed by atoms with Gasteiger partial charge in [-0.05, 0) is 38.3 Å². The molecule has 5 rings (SSSR count). The zero-order chi connectivity index (χ0) is 29.7. The van der Waals surface area contributed by atoms with Crippen LogP contribution in [0.4, 0.5) is 13.2 Å². The van der Waals surface area contributed by atoms with Crippen molar-refractivity contribution < 1.29 is 30.5 Å². The molecule has 0 saturated heterocycles. The van der Waals surface area contributed by atoms with E-state index in [1.54, 1.807) is 0 Å². The van der Waals surface area contributed by atoms with E-state index in [9.17, 15) is 18.7 Å². The van der Waals surface area contributed by atoms with E-state index >= 15 is 4.39 Å². The molecule has 13 heteroatoms. The molecule has 9 nitrogen and oxygen atoms in total. The van der Waals surface area contributed by atoms with Gasteiger partial charge < -0.3 is 14.6 Å². The number of aryl methyl sites for hydroxylation is 1. The third kappa shape index (κ3) is 5.17. The van der Waals surface area contributed by atoms with Crippen molar-refractivity contribution in [3.8, 4) is 28.7 Å². The van der Waals surface area contributed by atoms with Crippen molar-refractivity contribution in [3.05, 3.63) is 86.7 Å². The molecule has 0 amide bonds. The second kappa shape index (κ2) is 10.3. The van der Waals surface area contributed by atoms with Crippen LogP contribution in [0.25, 0.3) is 17.1 Å². The Bertz CT molecular complexity index is 1730. The van der Waals surface area contributed by atoms with Gasteiger partial charge in [-0.25, -0.2) is 27.7 Å². The summed E-state index contributed by atoms with van der Waals surface area (Å²) in [6.07, 6.45) is 4.03. The van der Waals surface area contributed by atoms with E-state index in [1.165, 1.54) is 32.3 Å². The second-order valence-electron chi connectivity index (χ2n) is 9.06. The van der Waals surface area contributed by atoms with Crippen LogP contribution in [0.5, 0.6) is 11.6 Å². The van der Waals surface area contributed by atoms with Gasteiger partial charge >= 0.3 is 0 Å². The topological polar surface area (TPSA) is 112 Å². The predicted molar refractivity (Wildman–Crippen MR) is 133 cm³/mol. The highest BCUT2D eigenvalue weighted by Gasteiger charge is 2.27. The Morgan fingerprint density at radius 1 is 1.23 bits per heavy atom. The van der Waals surface area contributed by atoms with Gasteiger partial charge in [-0.1, -0.05) is 11.6 Å². The van der Waals surface area contributed by atoms with Crippen LogP contribution in [0.1, 0.15) is 40.1 Å². The molecule has 4 aromatic rings. The summed E-state index contributed by atoms with van der Waals surface area (Å²) in [6, 6.07) is 2.89. The summed E-state index contributed by atoms with van der Waals surface area (Å²) in [4.78, 5) is 29.4. The Kier molecular flexibility index (Phi) is 6.33. The third-order valence-corrected chi connectivity index (χ3v) is 6.07. The Labute approximate surface area is 227 Å². The van der Waals surface area contributed by atoms with Crippen LogP contribution in [0.15, 0.2) is 41.6 Å². The predicted octanol–water partition coefficient (Wildman–Crippen LogP) is 4.29. The molecular weight excluding hydrogens is 539 g/mol. The average molecular weight is 562 g/mol. The van der Waals surface area contributed by atoms with Crippen LogP contribution in [0.2, 0.25) is 5.02 Å². The monoisotopic (exact) mass is 561 g/mol. The zero-order valence-corrected chi connectivity index (χ0v) is 21.3. The fourth-order valence-corrected chi connectivity index (χ4v) is 4.05. The van der Waals surface area contributed by atoms with Gasteiger partial charge in [-0.15, -0.1) is 0 Å². The quantitative estimate of drug-likeness (QED) is 0.384. The number of ether oxygens (including phenoxy) is 2. The molecular formula is C26H21ClF3N5O4. The molecule has 0 saturated carbocycles. The smallest absolute Gasteiger partial charge is 0.280 e. The molecule has 0 bridgehead atoms. The molecule has 0 aliphatic carbocycles. The number of fused-ring (bicyclic) bond motifs is 3. The first-order valence-electron chi connectivity index (χ1n) is 12.6. The molecule has 0 atom stereocenters. The van der Waals surface area contributed by atoms with E-state index in [-0.39, 0.29) is 41.8 Å². The van der Waals surface area contributed by atoms with Crippen LogP contribution in [0, 0.1) is 17.5 Å². The van der Waals surface area contributed by atoms with Crippen molar-refractivity contribution in [3.63, 3.8) is 0 Å². The zero-order valence-electron chi connectivity index (χ0n) is 22.5. The minimum atomic E-state index is -2.99. The van der Waals surface area contributed by atoms with Crippen molar-refractivity contribution in [1.82, 2.24) is 24.5 Å². The highest BCUT2D eigenvalue weighted by atomic mass is 35.5. The Hall–Kier alpha value is -4.03. The van der Waals surface area contributed by atoms with E-state index in [0.29, 0.717) is 24.2 Å². The maximum absolute atomic E-state index is 16.2. The van der Waals surface area contributed by atoms with Crippen molar-refractivity contribution in [2.75, 3.05) is 6.61 Å². The average Bonchev–Trinajstić information content (AvgIpc) is 2.88. The molecule has 1 aliphatic heterocycles. The standard InChI is InChI=1S/C26H21ClF3N5O4/c1-26(2,37)25-31-6-5-16(34-25)22-21(30)23-13(10-33-22)4-3-7-38-19-9-18(20(27)24(36)35(19)23)39-12-17-15(29)8-14(28)11-32-17/h5-6,8-11,37H,3-4,7,12H2,1-2H3/i12D2. The number of nitrogens with zero attached hydrogens (tertiary/aromatic N) is 5. The highest BCUT2D eigenvalue weighted by molar-refractivity contribution is 6.31. The molecule has 0 fully saturated rings. The van der Waals surface area contributed by atoms with E-state index in [0.717, 1.165) is 10.6 Å². The SMILES string of the molecule is [2H]C([2H])(Oc1cc2n(c(=O)c1Cl)-c1c(cnc(-c3ccnc(C(C)(C)O)n3)c1F)CCCO2)c1ncc(F)cc1F. The molecule has 0 aromatic carbocycles. The summed E-state index contributed by atoms with van der Waals surface area (Å²) in [5.74, 6) is -4.04. The first kappa shape index (κ1) is 24.0. The van der Waals surface area contributed by atoms with Crippen molar-refractivity contribution in [1.29, 1.82) is 0 Å². The fourth-order valence-electron chi connectivity index (χ4n) is 3.87. The van der Waals surface area contributed by atoms with Gasteiger partial charge in [-0.2, -0.15) is 0 Å². The fraction of sp³-hybridized carbons (Fsp3) is 0.269. The number of pyridine rings is 3. The molecule has 1 N–H and O–H groups in total.